The highest BCUT2D eigenvalue weighted by atomic mass is 32.2. The van der Waals surface area contributed by atoms with E-state index in [2.05, 4.69) is 21.1 Å². The van der Waals surface area contributed by atoms with Crippen molar-refractivity contribution in [2.24, 2.45) is 0 Å². The molecule has 45 heavy (non-hydrogen) atoms. The number of carbonyl (C=O) groups excluding carboxylic acids is 1. The summed E-state index contributed by atoms with van der Waals surface area (Å²) in [7, 11) is -4.09. The Bertz CT molecular complexity index is 1820. The second-order valence-corrected chi connectivity index (χ2v) is 12.7. The summed E-state index contributed by atoms with van der Waals surface area (Å²) in [5.41, 5.74) is 5.58. The van der Waals surface area contributed by atoms with Crippen molar-refractivity contribution in [2.75, 3.05) is 22.7 Å². The van der Waals surface area contributed by atoms with Gasteiger partial charge in [-0.3, -0.25) is 10.3 Å². The second-order valence-electron chi connectivity index (χ2n) is 11.1. The number of benzene rings is 3. The first-order valence-electron chi connectivity index (χ1n) is 14.2. The molecule has 2 aromatic heterocycles. The molecule has 0 atom stereocenters. The van der Waals surface area contributed by atoms with Gasteiger partial charge in [0.1, 0.15) is 11.6 Å². The van der Waals surface area contributed by atoms with E-state index in [1.54, 1.807) is 77.6 Å². The number of hydrogen-bond acceptors (Lipinski definition) is 8. The third kappa shape index (κ3) is 8.46. The fourth-order valence-corrected chi connectivity index (χ4v) is 4.96. The van der Waals surface area contributed by atoms with E-state index in [0.29, 0.717) is 35.2 Å². The van der Waals surface area contributed by atoms with Gasteiger partial charge in [-0.15, -0.1) is 4.28 Å². The summed E-state index contributed by atoms with van der Waals surface area (Å²) in [6, 6.07) is 27.0. The lowest BCUT2D eigenvalue weighted by atomic mass is 9.92. The molecular formula is C33H34N6O5S. The molecule has 232 valence electrons. The van der Waals surface area contributed by atoms with Crippen molar-refractivity contribution in [3.63, 3.8) is 0 Å². The normalized spacial score (nSPS) is 11.5. The zero-order chi connectivity index (χ0) is 31.9. The monoisotopic (exact) mass is 626 g/mol. The van der Waals surface area contributed by atoms with Crippen molar-refractivity contribution in [3.8, 4) is 11.4 Å². The molecule has 2 heterocycles. The first-order chi connectivity index (χ1) is 21.6. The Labute approximate surface area is 262 Å². The Morgan fingerprint density at radius 2 is 1.60 bits per heavy atom. The standard InChI is InChI=1S/C33H34N6O5S/c1-33(2,3)30-22-31(36-32(40)35-25-11-15-28(16-12-25)43-21-19-24-8-7-20-34-23-24)39(37-30)27-13-17-29(18-14-27)45(41,42)44-38-26-9-5-4-6-10-26/h4-18,20,22-23,38H,19,21H2,1-3H3,(H2,35,36,40). The van der Waals surface area contributed by atoms with Crippen molar-refractivity contribution in [1.82, 2.24) is 14.8 Å². The van der Waals surface area contributed by atoms with Gasteiger partial charge in [-0.2, -0.15) is 13.5 Å². The average molecular weight is 627 g/mol. The molecule has 12 heteroatoms. The Morgan fingerprint density at radius 3 is 2.27 bits per heavy atom. The molecule has 0 saturated carbocycles. The van der Waals surface area contributed by atoms with E-state index in [4.69, 9.17) is 14.1 Å². The van der Waals surface area contributed by atoms with Crippen molar-refractivity contribution in [1.29, 1.82) is 0 Å². The average Bonchev–Trinajstić information content (AvgIpc) is 3.46. The minimum absolute atomic E-state index is 0.0466. The van der Waals surface area contributed by atoms with Crippen LogP contribution in [0.25, 0.3) is 5.69 Å². The Balaban J connectivity index is 1.24. The lowest BCUT2D eigenvalue weighted by Gasteiger charge is -2.14. The van der Waals surface area contributed by atoms with Gasteiger partial charge < -0.3 is 10.1 Å². The Morgan fingerprint density at radius 1 is 0.867 bits per heavy atom. The molecule has 0 unspecified atom stereocenters. The molecule has 5 rings (SSSR count). The van der Waals surface area contributed by atoms with E-state index in [-0.39, 0.29) is 10.3 Å². The van der Waals surface area contributed by atoms with Crippen LogP contribution in [0.1, 0.15) is 32.0 Å². The van der Waals surface area contributed by atoms with Crippen LogP contribution >= 0.6 is 0 Å². The molecule has 0 aliphatic rings. The second kappa shape index (κ2) is 13.6. The highest BCUT2D eigenvalue weighted by Gasteiger charge is 2.22. The molecule has 11 nitrogen and oxygen atoms in total. The maximum absolute atomic E-state index is 13.0. The Hall–Kier alpha value is -5.20. The van der Waals surface area contributed by atoms with Crippen LogP contribution in [0.2, 0.25) is 0 Å². The topological polar surface area (TPSA) is 136 Å². The minimum atomic E-state index is -4.09. The molecule has 3 N–H and O–H groups in total. The predicted octanol–water partition coefficient (Wildman–Crippen LogP) is 6.56. The smallest absolute Gasteiger partial charge is 0.324 e. The van der Waals surface area contributed by atoms with Gasteiger partial charge in [-0.25, -0.2) is 15.0 Å². The van der Waals surface area contributed by atoms with Gasteiger partial charge in [-0.05, 0) is 72.3 Å². The summed E-state index contributed by atoms with van der Waals surface area (Å²) < 4.78 is 37.8. The molecule has 0 aliphatic carbocycles. The van der Waals surface area contributed by atoms with Crippen molar-refractivity contribution >= 4 is 33.3 Å². The van der Waals surface area contributed by atoms with Crippen LogP contribution in [0.4, 0.5) is 22.0 Å². The number of ether oxygens (including phenoxy) is 1. The van der Waals surface area contributed by atoms with Crippen LogP contribution in [-0.4, -0.2) is 35.8 Å². The highest BCUT2D eigenvalue weighted by Crippen LogP contribution is 2.27. The molecule has 0 saturated heterocycles. The number of rotatable bonds is 11. The van der Waals surface area contributed by atoms with E-state index in [1.807, 2.05) is 45.2 Å². The number of aromatic nitrogens is 3. The number of anilines is 3. The highest BCUT2D eigenvalue weighted by molar-refractivity contribution is 7.86. The van der Waals surface area contributed by atoms with Crippen LogP contribution in [0, 0.1) is 0 Å². The summed E-state index contributed by atoms with van der Waals surface area (Å²) in [5.74, 6) is 1.09. The minimum Gasteiger partial charge on any atom is -0.493 e. The van der Waals surface area contributed by atoms with Crippen molar-refractivity contribution in [2.45, 2.75) is 37.5 Å². The van der Waals surface area contributed by atoms with Gasteiger partial charge in [0.05, 0.1) is 28.6 Å². The van der Waals surface area contributed by atoms with E-state index in [1.165, 1.54) is 12.1 Å². The molecule has 5 aromatic rings. The van der Waals surface area contributed by atoms with Gasteiger partial charge in [-0.1, -0.05) is 45.0 Å². The van der Waals surface area contributed by atoms with Gasteiger partial charge in [0.25, 0.3) is 0 Å². The van der Waals surface area contributed by atoms with Crippen LogP contribution in [0.5, 0.6) is 5.75 Å². The first kappa shape index (κ1) is 31.2. The fourth-order valence-electron chi connectivity index (χ4n) is 4.19. The number of nitrogens with one attached hydrogen (secondary N) is 3. The van der Waals surface area contributed by atoms with Crippen molar-refractivity contribution < 1.29 is 22.2 Å². The summed E-state index contributed by atoms with van der Waals surface area (Å²) in [6.45, 7) is 6.54. The molecule has 0 fully saturated rings. The molecule has 0 aliphatic heterocycles. The van der Waals surface area contributed by atoms with Gasteiger partial charge in [0.15, 0.2) is 0 Å². The predicted molar refractivity (Wildman–Crippen MR) is 173 cm³/mol. The first-order valence-corrected chi connectivity index (χ1v) is 15.6. The summed E-state index contributed by atoms with van der Waals surface area (Å²) >= 11 is 0. The zero-order valence-corrected chi connectivity index (χ0v) is 25.9. The number of carbonyl (C=O) groups is 1. The SMILES string of the molecule is CC(C)(C)c1cc(NC(=O)Nc2ccc(OCCc3cccnc3)cc2)n(-c2ccc(S(=O)(=O)ONc3ccccc3)cc2)n1. The number of amides is 2. The third-order valence-electron chi connectivity index (χ3n) is 6.63. The lowest BCUT2D eigenvalue weighted by Crippen LogP contribution is -2.21. The molecule has 3 aromatic carbocycles. The number of nitrogens with zero attached hydrogens (tertiary/aromatic N) is 3. The number of para-hydroxylation sites is 1. The van der Waals surface area contributed by atoms with Crippen molar-refractivity contribution in [3.05, 3.63) is 121 Å². The maximum atomic E-state index is 13.0. The van der Waals surface area contributed by atoms with E-state index in [9.17, 15) is 13.2 Å². The van der Waals surface area contributed by atoms with Gasteiger partial charge >= 0.3 is 16.1 Å². The molecule has 0 radical (unpaired) electrons. The summed E-state index contributed by atoms with van der Waals surface area (Å²) in [5, 5.41) is 10.4. The lowest BCUT2D eigenvalue weighted by molar-refractivity contribution is 0.262. The largest absolute Gasteiger partial charge is 0.493 e. The zero-order valence-electron chi connectivity index (χ0n) is 25.1. The fraction of sp³-hybridized carbons (Fsp3) is 0.182. The van der Waals surface area contributed by atoms with Crippen LogP contribution in [0.3, 0.4) is 0 Å². The number of pyridine rings is 1. The van der Waals surface area contributed by atoms with E-state index >= 15 is 0 Å². The molecular weight excluding hydrogens is 592 g/mol. The van der Waals surface area contributed by atoms with Crippen LogP contribution in [0.15, 0.2) is 114 Å². The van der Waals surface area contributed by atoms with Gasteiger partial charge in [0, 0.05) is 36.0 Å². The molecule has 0 bridgehead atoms. The Kier molecular flexibility index (Phi) is 9.45. The van der Waals surface area contributed by atoms with Crippen LogP contribution < -0.4 is 20.9 Å². The molecule has 0 spiro atoms. The third-order valence-corrected chi connectivity index (χ3v) is 7.78. The number of urea groups is 1. The van der Waals surface area contributed by atoms with E-state index < -0.39 is 16.1 Å². The summed E-state index contributed by atoms with van der Waals surface area (Å²) in [6.07, 6.45) is 4.28. The summed E-state index contributed by atoms with van der Waals surface area (Å²) in [4.78, 5) is 17.1. The van der Waals surface area contributed by atoms with Crippen LogP contribution in [-0.2, 0) is 26.2 Å². The van der Waals surface area contributed by atoms with Gasteiger partial charge in [0.2, 0.25) is 0 Å². The van der Waals surface area contributed by atoms with E-state index in [0.717, 1.165) is 17.7 Å². The quantitative estimate of drug-likeness (QED) is 0.140. The maximum Gasteiger partial charge on any atom is 0.324 e. The molecule has 2 amide bonds. The number of hydrogen-bond donors (Lipinski definition) is 3.